The average molecular weight is 323 g/mol. The van der Waals surface area contributed by atoms with Crippen LogP contribution in [0, 0.1) is 0 Å². The highest BCUT2D eigenvalue weighted by atomic mass is 35.5. The van der Waals surface area contributed by atoms with Gasteiger partial charge in [0, 0.05) is 30.1 Å². The third-order valence-corrected chi connectivity index (χ3v) is 4.87. The van der Waals surface area contributed by atoms with Crippen LogP contribution in [0.5, 0.6) is 0 Å². The van der Waals surface area contributed by atoms with E-state index < -0.39 is 0 Å². The van der Waals surface area contributed by atoms with E-state index in [9.17, 15) is 4.79 Å². The van der Waals surface area contributed by atoms with Gasteiger partial charge in [0.05, 0.1) is 0 Å². The molecule has 0 radical (unpaired) electrons. The van der Waals surface area contributed by atoms with Crippen LogP contribution < -0.4 is 5.32 Å². The van der Waals surface area contributed by atoms with E-state index in [4.69, 9.17) is 11.6 Å². The number of hydrogen-bond acceptors (Lipinski definition) is 1. The van der Waals surface area contributed by atoms with Crippen molar-refractivity contribution in [2.45, 2.75) is 57.9 Å². The molecule has 4 heteroatoms. The van der Waals surface area contributed by atoms with Crippen molar-refractivity contribution in [2.75, 3.05) is 13.1 Å². The maximum atomic E-state index is 12.5. The highest BCUT2D eigenvalue weighted by Crippen LogP contribution is 2.27. The number of halogens is 1. The van der Waals surface area contributed by atoms with Crippen LogP contribution >= 0.6 is 11.6 Å². The molecule has 2 amide bonds. The van der Waals surface area contributed by atoms with Gasteiger partial charge in [-0.15, -0.1) is 0 Å². The molecule has 2 rings (SSSR count). The second-order valence-corrected chi connectivity index (χ2v) is 6.59. The largest absolute Gasteiger partial charge is 0.335 e. The summed E-state index contributed by atoms with van der Waals surface area (Å²) in [5, 5.41) is 3.93. The Balaban J connectivity index is 2.03. The number of benzene rings is 1. The van der Waals surface area contributed by atoms with Gasteiger partial charge in [-0.1, -0.05) is 44.0 Å². The summed E-state index contributed by atoms with van der Waals surface area (Å²) in [6.45, 7) is 5.89. The molecule has 1 heterocycles. The van der Waals surface area contributed by atoms with E-state index in [2.05, 4.69) is 31.3 Å². The lowest BCUT2D eigenvalue weighted by Gasteiger charge is -2.27. The smallest absolute Gasteiger partial charge is 0.317 e. The van der Waals surface area contributed by atoms with Gasteiger partial charge in [0.15, 0.2) is 0 Å². The standard InChI is InChI=1S/C18H27ClN2O/c1-3-17(4-2)20-18(22)21-12-6-5-7-15(13-21)14-8-10-16(19)11-9-14/h8-11,15,17H,3-7,12-13H2,1-2H3,(H,20,22). The Kier molecular flexibility index (Phi) is 6.56. The van der Waals surface area contributed by atoms with Crippen molar-refractivity contribution in [3.8, 4) is 0 Å². The summed E-state index contributed by atoms with van der Waals surface area (Å²) in [5.41, 5.74) is 1.28. The molecule has 122 valence electrons. The molecule has 1 aliphatic rings. The molecule has 1 aliphatic heterocycles. The van der Waals surface area contributed by atoms with Crippen molar-refractivity contribution in [1.29, 1.82) is 0 Å². The fourth-order valence-corrected chi connectivity index (χ4v) is 3.22. The molecule has 0 spiro atoms. The summed E-state index contributed by atoms with van der Waals surface area (Å²) in [6.07, 6.45) is 5.35. The van der Waals surface area contributed by atoms with Gasteiger partial charge in [0.25, 0.3) is 0 Å². The molecule has 0 aliphatic carbocycles. The van der Waals surface area contributed by atoms with Gasteiger partial charge in [-0.3, -0.25) is 0 Å². The minimum absolute atomic E-state index is 0.0922. The van der Waals surface area contributed by atoms with Crippen LogP contribution in [0.15, 0.2) is 24.3 Å². The van der Waals surface area contributed by atoms with Crippen LogP contribution in [0.2, 0.25) is 5.02 Å². The van der Waals surface area contributed by atoms with Crippen LogP contribution in [-0.4, -0.2) is 30.1 Å². The number of nitrogens with one attached hydrogen (secondary N) is 1. The number of urea groups is 1. The molecule has 1 N–H and O–H groups in total. The lowest BCUT2D eigenvalue weighted by atomic mass is 9.94. The van der Waals surface area contributed by atoms with Crippen LogP contribution in [0.4, 0.5) is 4.79 Å². The summed E-state index contributed by atoms with van der Waals surface area (Å²) >= 11 is 5.98. The van der Waals surface area contributed by atoms with Crippen LogP contribution in [0.25, 0.3) is 0 Å². The summed E-state index contributed by atoms with van der Waals surface area (Å²) < 4.78 is 0. The van der Waals surface area contributed by atoms with Crippen molar-refractivity contribution < 1.29 is 4.79 Å². The molecule has 1 fully saturated rings. The Morgan fingerprint density at radius 1 is 1.27 bits per heavy atom. The number of carbonyl (C=O) groups is 1. The van der Waals surface area contributed by atoms with E-state index in [1.54, 1.807) is 0 Å². The topological polar surface area (TPSA) is 32.3 Å². The van der Waals surface area contributed by atoms with E-state index in [-0.39, 0.29) is 12.1 Å². The molecule has 1 unspecified atom stereocenters. The Bertz CT molecular complexity index is 470. The highest BCUT2D eigenvalue weighted by molar-refractivity contribution is 6.30. The molecule has 0 bridgehead atoms. The second kappa shape index (κ2) is 8.42. The van der Waals surface area contributed by atoms with E-state index in [1.807, 2.05) is 17.0 Å². The summed E-state index contributed by atoms with van der Waals surface area (Å²) in [5.74, 6) is 0.409. The summed E-state index contributed by atoms with van der Waals surface area (Å²) in [7, 11) is 0. The number of carbonyl (C=O) groups excluding carboxylic acids is 1. The monoisotopic (exact) mass is 322 g/mol. The fraction of sp³-hybridized carbons (Fsp3) is 0.611. The zero-order valence-corrected chi connectivity index (χ0v) is 14.4. The third-order valence-electron chi connectivity index (χ3n) is 4.61. The van der Waals surface area contributed by atoms with Gasteiger partial charge in [0.1, 0.15) is 0 Å². The van der Waals surface area contributed by atoms with Crippen molar-refractivity contribution in [1.82, 2.24) is 10.2 Å². The molecule has 1 saturated heterocycles. The molecular weight excluding hydrogens is 296 g/mol. The zero-order chi connectivity index (χ0) is 15.9. The SMILES string of the molecule is CCC(CC)NC(=O)N1CCCCC(c2ccc(Cl)cc2)C1. The Morgan fingerprint density at radius 3 is 2.59 bits per heavy atom. The maximum Gasteiger partial charge on any atom is 0.317 e. The van der Waals surface area contributed by atoms with Crippen LogP contribution in [0.1, 0.15) is 57.4 Å². The molecule has 1 aromatic rings. The number of nitrogens with zero attached hydrogens (tertiary/aromatic N) is 1. The van der Waals surface area contributed by atoms with Gasteiger partial charge < -0.3 is 10.2 Å². The first kappa shape index (κ1) is 17.1. The predicted octanol–water partition coefficient (Wildman–Crippen LogP) is 4.81. The Morgan fingerprint density at radius 2 is 1.95 bits per heavy atom. The van der Waals surface area contributed by atoms with E-state index in [0.29, 0.717) is 5.92 Å². The van der Waals surface area contributed by atoms with Gasteiger partial charge in [-0.25, -0.2) is 4.79 Å². The van der Waals surface area contributed by atoms with E-state index in [0.717, 1.165) is 43.8 Å². The first-order valence-corrected chi connectivity index (χ1v) is 8.82. The predicted molar refractivity (Wildman–Crippen MR) is 92.5 cm³/mol. The molecule has 22 heavy (non-hydrogen) atoms. The van der Waals surface area contributed by atoms with Crippen molar-refractivity contribution in [2.24, 2.45) is 0 Å². The molecule has 3 nitrogen and oxygen atoms in total. The average Bonchev–Trinajstić information content (AvgIpc) is 2.79. The van der Waals surface area contributed by atoms with Gasteiger partial charge in [-0.2, -0.15) is 0 Å². The molecule has 0 saturated carbocycles. The van der Waals surface area contributed by atoms with Gasteiger partial charge >= 0.3 is 6.03 Å². The highest BCUT2D eigenvalue weighted by Gasteiger charge is 2.24. The van der Waals surface area contributed by atoms with Crippen LogP contribution in [0.3, 0.4) is 0 Å². The lowest BCUT2D eigenvalue weighted by Crippen LogP contribution is -2.45. The third kappa shape index (κ3) is 4.64. The van der Waals surface area contributed by atoms with Gasteiger partial charge in [-0.05, 0) is 43.4 Å². The maximum absolute atomic E-state index is 12.5. The van der Waals surface area contributed by atoms with Crippen molar-refractivity contribution in [3.05, 3.63) is 34.9 Å². The fourth-order valence-electron chi connectivity index (χ4n) is 3.09. The minimum Gasteiger partial charge on any atom is -0.335 e. The molecule has 1 aromatic carbocycles. The van der Waals surface area contributed by atoms with Crippen molar-refractivity contribution >= 4 is 17.6 Å². The minimum atomic E-state index is 0.0922. The lowest BCUT2D eigenvalue weighted by molar-refractivity contribution is 0.192. The van der Waals surface area contributed by atoms with Gasteiger partial charge in [0.2, 0.25) is 0 Å². The summed E-state index contributed by atoms with van der Waals surface area (Å²) in [4.78, 5) is 14.5. The molecule has 1 atom stereocenters. The normalized spacial score (nSPS) is 19.1. The number of amides is 2. The Labute approximate surface area is 139 Å². The number of rotatable bonds is 4. The number of hydrogen-bond donors (Lipinski definition) is 1. The van der Waals surface area contributed by atoms with Crippen LogP contribution in [-0.2, 0) is 0 Å². The first-order valence-electron chi connectivity index (χ1n) is 8.45. The zero-order valence-electron chi connectivity index (χ0n) is 13.6. The first-order chi connectivity index (χ1) is 10.6. The molecular formula is C18H27ClN2O. The van der Waals surface area contributed by atoms with E-state index in [1.165, 1.54) is 12.0 Å². The molecule has 0 aromatic heterocycles. The van der Waals surface area contributed by atoms with Crippen molar-refractivity contribution in [3.63, 3.8) is 0 Å². The van der Waals surface area contributed by atoms with E-state index >= 15 is 0 Å². The number of likely N-dealkylation sites (tertiary alicyclic amines) is 1. The summed E-state index contributed by atoms with van der Waals surface area (Å²) in [6, 6.07) is 8.44. The quantitative estimate of drug-likeness (QED) is 0.847. The Hall–Kier alpha value is -1.22. The second-order valence-electron chi connectivity index (χ2n) is 6.15.